The Morgan fingerprint density at radius 3 is 2.46 bits per heavy atom. The van der Waals surface area contributed by atoms with Gasteiger partial charge < -0.3 is 9.47 Å². The van der Waals surface area contributed by atoms with E-state index in [9.17, 15) is 0 Å². The van der Waals surface area contributed by atoms with Gasteiger partial charge >= 0.3 is 0 Å². The molecule has 0 saturated heterocycles. The van der Waals surface area contributed by atoms with Gasteiger partial charge in [-0.1, -0.05) is 63.2 Å². The van der Waals surface area contributed by atoms with Crippen LogP contribution in [0.25, 0.3) is 64.5 Å². The number of hydrogen-bond acceptors (Lipinski definition) is 2. The molecule has 220 valence electrons. The first-order chi connectivity index (χ1) is 22.4. The molecule has 2 unspecified atom stereocenters. The average molecular weight is 630 g/mol. The summed E-state index contributed by atoms with van der Waals surface area (Å²) in [6.07, 6.45) is 7.27. The van der Waals surface area contributed by atoms with E-state index in [1.807, 2.05) is 11.3 Å². The van der Waals surface area contributed by atoms with Gasteiger partial charge in [-0.05, 0) is 59.0 Å². The first-order valence-corrected chi connectivity index (χ1v) is 18.8. The van der Waals surface area contributed by atoms with Gasteiger partial charge in [0.25, 0.3) is 5.82 Å². The predicted molar refractivity (Wildman–Crippen MR) is 196 cm³/mol. The molecular weight excluding hydrogens is 600 g/mol. The maximum absolute atomic E-state index is 2.78. The van der Waals surface area contributed by atoms with Crippen LogP contribution in [0.5, 0.6) is 0 Å². The highest BCUT2D eigenvalue weighted by atomic mass is 32.1. The number of thiophene rings is 1. The molecular formula is C40H30N4PS+. The molecule has 46 heavy (non-hydrogen) atoms. The van der Waals surface area contributed by atoms with E-state index in [1.54, 1.807) is 16.0 Å². The molecule has 0 aliphatic carbocycles. The first kappa shape index (κ1) is 24.6. The van der Waals surface area contributed by atoms with Crippen molar-refractivity contribution in [1.29, 1.82) is 0 Å². The molecule has 0 fully saturated rings. The van der Waals surface area contributed by atoms with Gasteiger partial charge in [0.2, 0.25) is 0 Å². The van der Waals surface area contributed by atoms with Crippen molar-refractivity contribution in [3.63, 3.8) is 0 Å². The van der Waals surface area contributed by atoms with E-state index >= 15 is 0 Å². The molecule has 0 radical (unpaired) electrons. The molecule has 0 amide bonds. The van der Waals surface area contributed by atoms with Gasteiger partial charge in [-0.2, -0.15) is 4.57 Å². The van der Waals surface area contributed by atoms with Crippen molar-refractivity contribution >= 4 is 87.4 Å². The minimum atomic E-state index is -2.33. The Bertz CT molecular complexity index is 2870. The maximum atomic E-state index is 2.78. The second-order valence-corrected chi connectivity index (χ2v) is 18.6. The Labute approximate surface area is 270 Å². The van der Waals surface area contributed by atoms with E-state index in [-0.39, 0.29) is 5.41 Å². The van der Waals surface area contributed by atoms with E-state index in [4.69, 9.17) is 0 Å². The van der Waals surface area contributed by atoms with Crippen molar-refractivity contribution in [3.8, 4) is 11.5 Å². The number of para-hydroxylation sites is 2. The molecule has 4 nitrogen and oxygen atoms in total. The number of rotatable bonds is 1. The summed E-state index contributed by atoms with van der Waals surface area (Å²) in [5, 5.41) is 10.3. The lowest BCUT2D eigenvalue weighted by Crippen LogP contribution is -2.51. The summed E-state index contributed by atoms with van der Waals surface area (Å²) in [4.78, 5) is 3.86. The number of benzene rings is 4. The van der Waals surface area contributed by atoms with E-state index in [2.05, 4.69) is 150 Å². The van der Waals surface area contributed by atoms with Crippen LogP contribution in [0, 0.1) is 0 Å². The maximum Gasteiger partial charge on any atom is 0.289 e. The summed E-state index contributed by atoms with van der Waals surface area (Å²) in [7, 11) is -0.0323. The van der Waals surface area contributed by atoms with E-state index in [1.165, 1.54) is 75.6 Å². The average Bonchev–Trinajstić information content (AvgIpc) is 3.84. The summed E-state index contributed by atoms with van der Waals surface area (Å²) in [6, 6.07) is 32.5. The Morgan fingerprint density at radius 2 is 1.61 bits per heavy atom. The van der Waals surface area contributed by atoms with Crippen LogP contribution in [-0.2, 0) is 5.41 Å². The lowest BCUT2D eigenvalue weighted by molar-refractivity contribution is -0.504. The molecule has 4 aliphatic rings. The summed E-state index contributed by atoms with van der Waals surface area (Å²) in [6.45, 7) is 7.02. The number of hydrogen-bond donors (Lipinski definition) is 0. The lowest BCUT2D eigenvalue weighted by Gasteiger charge is -2.35. The molecule has 12 rings (SSSR count). The van der Waals surface area contributed by atoms with Gasteiger partial charge in [-0.25, -0.2) is 4.34 Å². The zero-order valence-corrected chi connectivity index (χ0v) is 27.7. The van der Waals surface area contributed by atoms with Crippen LogP contribution in [0.3, 0.4) is 0 Å². The standard InChI is InChI=1S/C40H30N4PS/c1-40(2,3)22-16-19-42-31(20-22)44-28-13-9-8-12-24(28)27-21-29-32-34-33-30(46-39(34)43(29)23-10-6-5-7-11-23)15-14-25-26-17-18-41(4)38(26)45(42,36(25)33)37(32)35(27)44/h5-21,26H,1-4H3/q+1. The summed E-state index contributed by atoms with van der Waals surface area (Å²) >= 11 is 1.97. The molecule has 4 aliphatic heterocycles. The summed E-state index contributed by atoms with van der Waals surface area (Å²) in [5.74, 6) is 1.59. The van der Waals surface area contributed by atoms with Crippen LogP contribution in [0.2, 0.25) is 0 Å². The topological polar surface area (TPSA) is 17.0 Å². The fourth-order valence-electron chi connectivity index (χ4n) is 9.48. The van der Waals surface area contributed by atoms with Crippen molar-refractivity contribution in [3.05, 3.63) is 115 Å². The lowest BCUT2D eigenvalue weighted by atomic mass is 9.88. The number of fused-ring (bicyclic) bond motifs is 7. The Kier molecular flexibility index (Phi) is 4.03. The van der Waals surface area contributed by atoms with Crippen molar-refractivity contribution in [2.24, 2.45) is 0 Å². The van der Waals surface area contributed by atoms with E-state index in [0.717, 1.165) is 0 Å². The third-order valence-corrected chi connectivity index (χ3v) is 16.8. The molecule has 8 heterocycles. The fourth-order valence-corrected chi connectivity index (χ4v) is 16.2. The number of likely N-dealkylation sites (N-methyl/N-ethyl adjacent to an activating group) is 1. The molecule has 4 aromatic heterocycles. The van der Waals surface area contributed by atoms with Crippen LogP contribution in [0.15, 0.2) is 103 Å². The Balaban J connectivity index is 1.47. The second kappa shape index (κ2) is 7.52. The highest BCUT2D eigenvalue weighted by Gasteiger charge is 2.57. The van der Waals surface area contributed by atoms with Crippen LogP contribution in [0.1, 0.15) is 37.8 Å². The number of nitrogens with zero attached hydrogens (tertiary/aromatic N) is 4. The van der Waals surface area contributed by atoms with Crippen molar-refractivity contribution in [1.82, 2.24) is 14.0 Å². The van der Waals surface area contributed by atoms with Gasteiger partial charge in [0.15, 0.2) is 5.52 Å². The Hall–Kier alpha value is -4.57. The fraction of sp³-hybridized carbons (Fsp3) is 0.150. The second-order valence-electron chi connectivity index (χ2n) is 14.5. The zero-order valence-electron chi connectivity index (χ0n) is 26.0. The zero-order chi connectivity index (χ0) is 30.4. The number of pyridine rings is 1. The molecule has 1 spiro atoms. The monoisotopic (exact) mass is 629 g/mol. The van der Waals surface area contributed by atoms with Gasteiger partial charge in [0, 0.05) is 67.9 Å². The molecule has 8 aromatic rings. The highest BCUT2D eigenvalue weighted by molar-refractivity contribution is 7.86. The molecule has 0 saturated carbocycles. The molecule has 2 atom stereocenters. The van der Waals surface area contributed by atoms with Crippen LogP contribution >= 0.6 is 18.4 Å². The predicted octanol–water partition coefficient (Wildman–Crippen LogP) is 8.43. The van der Waals surface area contributed by atoms with Crippen molar-refractivity contribution in [2.75, 3.05) is 7.05 Å². The summed E-state index contributed by atoms with van der Waals surface area (Å²) in [5.41, 5.74) is 9.74. The van der Waals surface area contributed by atoms with Crippen molar-refractivity contribution in [2.45, 2.75) is 32.1 Å². The largest absolute Gasteiger partial charge is 0.350 e. The van der Waals surface area contributed by atoms with Gasteiger partial charge in [-0.15, -0.1) is 11.3 Å². The minimum Gasteiger partial charge on any atom is -0.350 e. The minimum absolute atomic E-state index is 0.0341. The van der Waals surface area contributed by atoms with Gasteiger partial charge in [0.1, 0.15) is 17.4 Å². The van der Waals surface area contributed by atoms with Crippen LogP contribution in [0.4, 0.5) is 0 Å². The van der Waals surface area contributed by atoms with Gasteiger partial charge in [0.05, 0.1) is 22.4 Å². The third kappa shape index (κ3) is 2.41. The van der Waals surface area contributed by atoms with E-state index in [0.29, 0.717) is 5.92 Å². The van der Waals surface area contributed by atoms with Crippen molar-refractivity contribution < 1.29 is 4.34 Å². The normalized spacial score (nSPS) is 20.3. The number of aromatic nitrogens is 3. The van der Waals surface area contributed by atoms with Gasteiger partial charge in [-0.3, -0.25) is 0 Å². The molecule has 0 bridgehead atoms. The van der Waals surface area contributed by atoms with Crippen LogP contribution in [-0.4, -0.2) is 26.5 Å². The SMILES string of the molecule is CN1C=CC2C1=P13c4c2ccc2sc5c(c42)c2c1c1c(cc2n5-c2ccccc2)c2ccccc2n1-c1cc(C(C)(C)C)cc[n+]13. The van der Waals surface area contributed by atoms with E-state index < -0.39 is 7.04 Å². The molecule has 0 N–H and O–H groups in total. The highest BCUT2D eigenvalue weighted by Crippen LogP contribution is 2.64. The van der Waals surface area contributed by atoms with Crippen LogP contribution < -0.4 is 14.9 Å². The molecule has 4 aromatic carbocycles. The quantitative estimate of drug-likeness (QED) is 0.167. The smallest absolute Gasteiger partial charge is 0.289 e. The first-order valence-electron chi connectivity index (χ1n) is 16.2. The molecule has 6 heteroatoms. The summed E-state index contributed by atoms with van der Waals surface area (Å²) < 4.78 is 9.38. The Morgan fingerprint density at radius 1 is 0.783 bits per heavy atom. The third-order valence-electron chi connectivity index (χ3n) is 11.3.